The zero-order valence-electron chi connectivity index (χ0n) is 12.7. The van der Waals surface area contributed by atoms with E-state index in [0.717, 1.165) is 37.4 Å². The van der Waals surface area contributed by atoms with Gasteiger partial charge in [-0.2, -0.15) is 0 Å². The highest BCUT2D eigenvalue weighted by atomic mass is 79.9. The van der Waals surface area contributed by atoms with Crippen molar-refractivity contribution >= 4 is 21.8 Å². The van der Waals surface area contributed by atoms with E-state index in [9.17, 15) is 4.79 Å². The van der Waals surface area contributed by atoms with Crippen LogP contribution in [0.25, 0.3) is 0 Å². The summed E-state index contributed by atoms with van der Waals surface area (Å²) in [7, 11) is 0. The molecule has 0 aromatic carbocycles. The summed E-state index contributed by atoms with van der Waals surface area (Å²) in [5, 5.41) is 4.18. The minimum Gasteiger partial charge on any atom is -0.353 e. The monoisotopic (exact) mass is 319 g/mol. The zero-order chi connectivity index (χ0) is 14.2. The number of unbranched alkanes of at least 4 members (excludes halogenated alkanes) is 1. The summed E-state index contributed by atoms with van der Waals surface area (Å²) in [4.78, 5) is 12.3. The Morgan fingerprint density at radius 3 is 2.22 bits per heavy atom. The van der Waals surface area contributed by atoms with Crippen molar-refractivity contribution in [3.8, 4) is 0 Å². The number of amides is 1. The van der Waals surface area contributed by atoms with Crippen LogP contribution in [0.5, 0.6) is 0 Å². The second-order valence-corrected chi connectivity index (χ2v) is 6.95. The number of halogens is 1. The van der Waals surface area contributed by atoms with Gasteiger partial charge in [-0.1, -0.05) is 63.4 Å². The Morgan fingerprint density at radius 1 is 1.22 bits per heavy atom. The minimum absolute atomic E-state index is 0.118. The van der Waals surface area contributed by atoms with Gasteiger partial charge in [0.15, 0.2) is 0 Å². The van der Waals surface area contributed by atoms with Gasteiger partial charge in [-0.05, 0) is 24.7 Å². The number of carbonyl (C=O) groups excluding carboxylic acids is 1. The SMILES string of the molecule is CCCCC(CC)C(=O)NC(CCBr)C(C)(C)C. The average molecular weight is 320 g/mol. The van der Waals surface area contributed by atoms with Crippen LogP contribution in [0.4, 0.5) is 0 Å². The van der Waals surface area contributed by atoms with Crippen molar-refractivity contribution in [2.24, 2.45) is 11.3 Å². The Bertz CT molecular complexity index is 235. The molecule has 1 amide bonds. The summed E-state index contributed by atoms with van der Waals surface area (Å²) in [5.74, 6) is 0.428. The normalized spacial score (nSPS) is 15.2. The fourth-order valence-corrected chi connectivity index (χ4v) is 2.55. The minimum atomic E-state index is 0.118. The molecule has 2 unspecified atom stereocenters. The first-order valence-electron chi connectivity index (χ1n) is 7.23. The van der Waals surface area contributed by atoms with Crippen LogP contribution in [0.3, 0.4) is 0 Å². The Morgan fingerprint density at radius 2 is 1.83 bits per heavy atom. The number of rotatable bonds is 8. The van der Waals surface area contributed by atoms with Crippen molar-refractivity contribution in [3.63, 3.8) is 0 Å². The van der Waals surface area contributed by atoms with Gasteiger partial charge in [-0.3, -0.25) is 4.79 Å². The molecular formula is C15H30BrNO. The fraction of sp³-hybridized carbons (Fsp3) is 0.933. The quantitative estimate of drug-likeness (QED) is 0.655. The highest BCUT2D eigenvalue weighted by Crippen LogP contribution is 2.23. The van der Waals surface area contributed by atoms with E-state index in [-0.39, 0.29) is 23.3 Å². The molecule has 0 spiro atoms. The summed E-state index contributed by atoms with van der Waals surface area (Å²) in [5.41, 5.74) is 0.118. The van der Waals surface area contributed by atoms with Gasteiger partial charge in [0, 0.05) is 17.3 Å². The molecule has 0 rings (SSSR count). The van der Waals surface area contributed by atoms with Gasteiger partial charge in [0.25, 0.3) is 0 Å². The van der Waals surface area contributed by atoms with Crippen LogP contribution in [0.1, 0.15) is 66.7 Å². The number of carbonyl (C=O) groups is 1. The highest BCUT2D eigenvalue weighted by molar-refractivity contribution is 9.09. The lowest BCUT2D eigenvalue weighted by Gasteiger charge is -2.32. The summed E-state index contributed by atoms with van der Waals surface area (Å²) in [6.45, 7) is 10.8. The van der Waals surface area contributed by atoms with E-state index in [2.05, 4.69) is 55.9 Å². The molecule has 3 heteroatoms. The lowest BCUT2D eigenvalue weighted by Crippen LogP contribution is -2.46. The Balaban J connectivity index is 4.46. The molecule has 2 nitrogen and oxygen atoms in total. The van der Waals surface area contributed by atoms with Crippen LogP contribution < -0.4 is 5.32 Å². The Kier molecular flexibility index (Phi) is 8.93. The maximum Gasteiger partial charge on any atom is 0.223 e. The highest BCUT2D eigenvalue weighted by Gasteiger charge is 2.27. The predicted octanol–water partition coefficient (Wildman–Crippen LogP) is 4.52. The third-order valence-corrected chi connectivity index (χ3v) is 3.99. The molecule has 1 N–H and O–H groups in total. The van der Waals surface area contributed by atoms with Crippen LogP contribution in [-0.2, 0) is 4.79 Å². The number of nitrogens with one attached hydrogen (secondary N) is 1. The fourth-order valence-electron chi connectivity index (χ4n) is 2.09. The molecule has 0 bridgehead atoms. The molecule has 0 saturated carbocycles. The van der Waals surface area contributed by atoms with Gasteiger partial charge in [0.2, 0.25) is 5.91 Å². The van der Waals surface area contributed by atoms with Crippen molar-refractivity contribution in [3.05, 3.63) is 0 Å². The molecule has 0 saturated heterocycles. The van der Waals surface area contributed by atoms with E-state index in [1.165, 1.54) is 0 Å². The van der Waals surface area contributed by atoms with E-state index >= 15 is 0 Å². The summed E-state index contributed by atoms with van der Waals surface area (Å²) < 4.78 is 0. The van der Waals surface area contributed by atoms with Crippen LogP contribution >= 0.6 is 15.9 Å². The molecule has 18 heavy (non-hydrogen) atoms. The van der Waals surface area contributed by atoms with E-state index in [1.807, 2.05) is 0 Å². The average Bonchev–Trinajstić information content (AvgIpc) is 2.28. The smallest absolute Gasteiger partial charge is 0.223 e. The van der Waals surface area contributed by atoms with Gasteiger partial charge < -0.3 is 5.32 Å². The van der Waals surface area contributed by atoms with Gasteiger partial charge in [-0.15, -0.1) is 0 Å². The second-order valence-electron chi connectivity index (χ2n) is 6.15. The van der Waals surface area contributed by atoms with Gasteiger partial charge in [-0.25, -0.2) is 0 Å². The zero-order valence-corrected chi connectivity index (χ0v) is 14.3. The topological polar surface area (TPSA) is 29.1 Å². The van der Waals surface area contributed by atoms with Crippen molar-refractivity contribution in [1.82, 2.24) is 5.32 Å². The third-order valence-electron chi connectivity index (χ3n) is 3.53. The van der Waals surface area contributed by atoms with Crippen LogP contribution in [-0.4, -0.2) is 17.3 Å². The summed E-state index contributed by atoms with van der Waals surface area (Å²) >= 11 is 3.48. The molecule has 108 valence electrons. The van der Waals surface area contributed by atoms with Crippen LogP contribution in [0, 0.1) is 11.3 Å². The van der Waals surface area contributed by atoms with E-state index in [1.54, 1.807) is 0 Å². The molecule has 0 fully saturated rings. The lowest BCUT2D eigenvalue weighted by atomic mass is 9.84. The van der Waals surface area contributed by atoms with Gasteiger partial charge in [0.1, 0.15) is 0 Å². The van der Waals surface area contributed by atoms with Gasteiger partial charge in [0.05, 0.1) is 0 Å². The van der Waals surface area contributed by atoms with Crippen molar-refractivity contribution in [1.29, 1.82) is 0 Å². The Labute approximate surface area is 121 Å². The molecule has 0 aliphatic carbocycles. The van der Waals surface area contributed by atoms with Crippen molar-refractivity contribution in [2.75, 3.05) is 5.33 Å². The molecule has 2 atom stereocenters. The molecule has 0 heterocycles. The lowest BCUT2D eigenvalue weighted by molar-refractivity contribution is -0.126. The van der Waals surface area contributed by atoms with E-state index in [0.29, 0.717) is 0 Å². The maximum absolute atomic E-state index is 12.3. The largest absolute Gasteiger partial charge is 0.353 e. The summed E-state index contributed by atoms with van der Waals surface area (Å²) in [6, 6.07) is 0.250. The van der Waals surface area contributed by atoms with Gasteiger partial charge >= 0.3 is 0 Å². The molecular weight excluding hydrogens is 290 g/mol. The van der Waals surface area contributed by atoms with Crippen LogP contribution in [0.2, 0.25) is 0 Å². The first-order valence-corrected chi connectivity index (χ1v) is 8.35. The second kappa shape index (κ2) is 8.95. The Hall–Kier alpha value is -0.0500. The molecule has 0 aliphatic rings. The molecule has 0 radical (unpaired) electrons. The molecule has 0 aromatic rings. The number of hydrogen-bond acceptors (Lipinski definition) is 1. The van der Waals surface area contributed by atoms with E-state index < -0.39 is 0 Å². The summed E-state index contributed by atoms with van der Waals surface area (Å²) in [6.07, 6.45) is 5.25. The molecule has 0 aromatic heterocycles. The van der Waals surface area contributed by atoms with E-state index in [4.69, 9.17) is 0 Å². The molecule has 0 aliphatic heterocycles. The standard InChI is InChI=1S/C15H30BrNO/c1-6-8-9-12(7-2)14(18)17-13(10-11-16)15(3,4)5/h12-13H,6-11H2,1-5H3,(H,17,18). The van der Waals surface area contributed by atoms with Crippen LogP contribution in [0.15, 0.2) is 0 Å². The predicted molar refractivity (Wildman–Crippen MR) is 83.1 cm³/mol. The van der Waals surface area contributed by atoms with Crippen molar-refractivity contribution in [2.45, 2.75) is 72.8 Å². The van der Waals surface area contributed by atoms with Crippen molar-refractivity contribution < 1.29 is 4.79 Å². The first-order chi connectivity index (χ1) is 8.36. The number of hydrogen-bond donors (Lipinski definition) is 1. The third kappa shape index (κ3) is 6.77. The first kappa shape index (κ1) is 17.9. The number of alkyl halides is 1. The maximum atomic E-state index is 12.3.